The largest absolute Gasteiger partial charge is 0.383 e. The molecule has 1 aliphatic carbocycles. The fourth-order valence-electron chi connectivity index (χ4n) is 1.55. The van der Waals surface area contributed by atoms with Gasteiger partial charge in [0.05, 0.1) is 13.2 Å². The van der Waals surface area contributed by atoms with Crippen molar-refractivity contribution in [3.8, 4) is 0 Å². The molecule has 9 heteroatoms. The van der Waals surface area contributed by atoms with E-state index in [1.54, 1.807) is 7.11 Å². The zero-order valence-electron chi connectivity index (χ0n) is 11.8. The van der Waals surface area contributed by atoms with E-state index in [9.17, 15) is 9.59 Å². The molecule has 0 radical (unpaired) electrons. The first-order valence-corrected chi connectivity index (χ1v) is 7.48. The van der Waals surface area contributed by atoms with E-state index in [1.165, 1.54) is 11.3 Å². The first-order chi connectivity index (χ1) is 10.1. The van der Waals surface area contributed by atoms with Gasteiger partial charge in [0.2, 0.25) is 5.91 Å². The number of nitrogens with two attached hydrogens (primary N) is 1. The molecule has 0 spiro atoms. The molecule has 1 heterocycles. The molecule has 2 rings (SSSR count). The third-order valence-corrected chi connectivity index (χ3v) is 3.80. The van der Waals surface area contributed by atoms with Crippen LogP contribution in [0.3, 0.4) is 0 Å². The van der Waals surface area contributed by atoms with Crippen LogP contribution in [-0.2, 0) is 9.53 Å². The lowest BCUT2D eigenvalue weighted by atomic mass is 10.4. The number of ether oxygens (including phenoxy) is 1. The van der Waals surface area contributed by atoms with E-state index in [1.807, 2.05) is 0 Å². The summed E-state index contributed by atoms with van der Waals surface area (Å²) in [6.45, 7) is 0.728. The molecule has 1 aliphatic rings. The van der Waals surface area contributed by atoms with Gasteiger partial charge in [0, 0.05) is 19.7 Å². The maximum Gasteiger partial charge on any atom is 0.265 e. The summed E-state index contributed by atoms with van der Waals surface area (Å²) in [5.74, 6) is -0.490. The third-order valence-electron chi connectivity index (χ3n) is 2.80. The third kappa shape index (κ3) is 4.87. The van der Waals surface area contributed by atoms with Crippen molar-refractivity contribution in [3.63, 3.8) is 0 Å². The summed E-state index contributed by atoms with van der Waals surface area (Å²) in [6, 6.07) is 0.443. The second-order valence-electron chi connectivity index (χ2n) is 4.68. The van der Waals surface area contributed by atoms with Gasteiger partial charge in [-0.15, -0.1) is 0 Å². The number of nitrogens with zero attached hydrogens (tertiary/aromatic N) is 1. The highest BCUT2D eigenvalue weighted by Gasteiger charge is 2.24. The number of hydrogen-bond donors (Lipinski definition) is 4. The Bertz CT molecular complexity index is 515. The number of hydrogen-bond acceptors (Lipinski definition) is 7. The molecule has 0 saturated heterocycles. The minimum atomic E-state index is -0.393. The van der Waals surface area contributed by atoms with E-state index in [-0.39, 0.29) is 18.3 Å². The Morgan fingerprint density at radius 3 is 2.86 bits per heavy atom. The number of carbonyl (C=O) groups is 2. The van der Waals surface area contributed by atoms with Gasteiger partial charge in [0.15, 0.2) is 5.13 Å². The number of carbonyl (C=O) groups excluding carboxylic acids is 2. The maximum atomic E-state index is 12.0. The van der Waals surface area contributed by atoms with Crippen LogP contribution in [0.25, 0.3) is 0 Å². The summed E-state index contributed by atoms with van der Waals surface area (Å²) in [4.78, 5) is 27.9. The predicted octanol–water partition coefficient (Wildman–Crippen LogP) is -0.208. The van der Waals surface area contributed by atoms with Gasteiger partial charge in [0.25, 0.3) is 5.91 Å². The van der Waals surface area contributed by atoms with Gasteiger partial charge in [-0.1, -0.05) is 11.3 Å². The minimum Gasteiger partial charge on any atom is -0.383 e. The lowest BCUT2D eigenvalue weighted by molar-refractivity contribution is -0.120. The second-order valence-corrected chi connectivity index (χ2v) is 5.68. The fraction of sp³-hybridized carbons (Fsp3) is 0.583. The number of aromatic nitrogens is 1. The monoisotopic (exact) mass is 313 g/mol. The van der Waals surface area contributed by atoms with E-state index in [0.29, 0.717) is 29.2 Å². The predicted molar refractivity (Wildman–Crippen MR) is 80.4 cm³/mol. The topological polar surface area (TPSA) is 118 Å². The second kappa shape index (κ2) is 7.23. The standard InChI is InChI=1S/C12H19N5O3S/c1-20-5-4-14-8(18)6-15-11(19)9-10(13)17-12(21-9)16-7-2-3-7/h7H,2-6,13H2,1H3,(H,14,18)(H,15,19)(H,16,17). The number of anilines is 2. The summed E-state index contributed by atoms with van der Waals surface area (Å²) in [5, 5.41) is 8.96. The van der Waals surface area contributed by atoms with Crippen molar-refractivity contribution >= 4 is 34.1 Å². The molecule has 116 valence electrons. The zero-order chi connectivity index (χ0) is 15.2. The fourth-order valence-corrected chi connectivity index (χ4v) is 2.43. The number of amides is 2. The van der Waals surface area contributed by atoms with Crippen molar-refractivity contribution in [2.75, 3.05) is 37.9 Å². The Hall–Kier alpha value is -1.87. The van der Waals surface area contributed by atoms with Gasteiger partial charge in [0.1, 0.15) is 10.7 Å². The van der Waals surface area contributed by atoms with Crippen LogP contribution in [0.5, 0.6) is 0 Å². The summed E-state index contributed by atoms with van der Waals surface area (Å²) in [7, 11) is 1.55. The number of nitrogens with one attached hydrogen (secondary N) is 3. The van der Waals surface area contributed by atoms with E-state index in [2.05, 4.69) is 20.9 Å². The highest BCUT2D eigenvalue weighted by molar-refractivity contribution is 7.18. The van der Waals surface area contributed by atoms with Gasteiger partial charge in [-0.05, 0) is 12.8 Å². The molecule has 1 fully saturated rings. The van der Waals surface area contributed by atoms with Crippen LogP contribution in [0, 0.1) is 0 Å². The molecule has 1 saturated carbocycles. The van der Waals surface area contributed by atoms with E-state index < -0.39 is 5.91 Å². The van der Waals surface area contributed by atoms with E-state index in [4.69, 9.17) is 10.5 Å². The average molecular weight is 313 g/mol. The molecule has 21 heavy (non-hydrogen) atoms. The van der Waals surface area contributed by atoms with Crippen molar-refractivity contribution in [1.82, 2.24) is 15.6 Å². The molecule has 1 aromatic rings. The van der Waals surface area contributed by atoms with Crippen molar-refractivity contribution in [2.45, 2.75) is 18.9 Å². The summed E-state index contributed by atoms with van der Waals surface area (Å²) in [5.41, 5.74) is 5.72. The smallest absolute Gasteiger partial charge is 0.265 e. The Morgan fingerprint density at radius 1 is 1.43 bits per heavy atom. The van der Waals surface area contributed by atoms with Crippen LogP contribution in [0.2, 0.25) is 0 Å². The van der Waals surface area contributed by atoms with Crippen LogP contribution >= 0.6 is 11.3 Å². The molecule has 8 nitrogen and oxygen atoms in total. The number of rotatable bonds is 8. The van der Waals surface area contributed by atoms with Gasteiger partial charge < -0.3 is 26.4 Å². The van der Waals surface area contributed by atoms with Crippen LogP contribution in [0.1, 0.15) is 22.5 Å². The lowest BCUT2D eigenvalue weighted by Gasteiger charge is -2.05. The first-order valence-electron chi connectivity index (χ1n) is 6.67. The highest BCUT2D eigenvalue weighted by Crippen LogP contribution is 2.30. The molecule has 0 bridgehead atoms. The molecule has 0 atom stereocenters. The first kappa shape index (κ1) is 15.5. The Balaban J connectivity index is 1.79. The van der Waals surface area contributed by atoms with E-state index in [0.717, 1.165) is 12.8 Å². The van der Waals surface area contributed by atoms with Gasteiger partial charge in [-0.25, -0.2) is 4.98 Å². The minimum absolute atomic E-state index is 0.106. The average Bonchev–Trinajstić information content (AvgIpc) is 3.18. The molecule has 2 amide bonds. The molecular weight excluding hydrogens is 294 g/mol. The van der Waals surface area contributed by atoms with Crippen molar-refractivity contribution in [3.05, 3.63) is 4.88 Å². The quantitative estimate of drug-likeness (QED) is 0.493. The maximum absolute atomic E-state index is 12.0. The van der Waals surface area contributed by atoms with Crippen LogP contribution in [0.15, 0.2) is 0 Å². The highest BCUT2D eigenvalue weighted by atomic mass is 32.1. The number of nitrogen functional groups attached to an aromatic ring is 1. The van der Waals surface area contributed by atoms with Crippen molar-refractivity contribution in [2.24, 2.45) is 0 Å². The molecule has 5 N–H and O–H groups in total. The van der Waals surface area contributed by atoms with Gasteiger partial charge >= 0.3 is 0 Å². The molecule has 0 aromatic carbocycles. The van der Waals surface area contributed by atoms with Crippen molar-refractivity contribution < 1.29 is 14.3 Å². The lowest BCUT2D eigenvalue weighted by Crippen LogP contribution is -2.38. The molecule has 1 aromatic heterocycles. The summed E-state index contributed by atoms with van der Waals surface area (Å²) >= 11 is 1.20. The Morgan fingerprint density at radius 2 is 2.19 bits per heavy atom. The molecule has 0 unspecified atom stereocenters. The number of thiazole rings is 1. The van der Waals surface area contributed by atoms with Crippen LogP contribution in [0.4, 0.5) is 10.9 Å². The number of methoxy groups -OCH3 is 1. The molecule has 0 aliphatic heterocycles. The Labute approximate surface area is 126 Å². The molecular formula is C12H19N5O3S. The summed E-state index contributed by atoms with van der Waals surface area (Å²) in [6.07, 6.45) is 2.23. The summed E-state index contributed by atoms with van der Waals surface area (Å²) < 4.78 is 4.81. The SMILES string of the molecule is COCCNC(=O)CNC(=O)c1sc(NC2CC2)nc1N. The van der Waals surface area contributed by atoms with Crippen LogP contribution < -0.4 is 21.7 Å². The van der Waals surface area contributed by atoms with Gasteiger partial charge in [-0.3, -0.25) is 9.59 Å². The normalized spacial score (nSPS) is 13.8. The van der Waals surface area contributed by atoms with Crippen LogP contribution in [-0.4, -0.2) is 49.6 Å². The van der Waals surface area contributed by atoms with Gasteiger partial charge in [-0.2, -0.15) is 0 Å². The zero-order valence-corrected chi connectivity index (χ0v) is 12.6. The van der Waals surface area contributed by atoms with Crippen molar-refractivity contribution in [1.29, 1.82) is 0 Å². The Kier molecular flexibility index (Phi) is 5.34. The van der Waals surface area contributed by atoms with E-state index >= 15 is 0 Å².